The SMILES string of the molecule is Cc1ccc(C(=O)NCCCc2nc(-c3cccs3)no2)cc1. The highest BCUT2D eigenvalue weighted by Gasteiger charge is 2.09. The molecular weight excluding hydrogens is 310 g/mol. The van der Waals surface area contributed by atoms with Gasteiger partial charge in [-0.1, -0.05) is 28.9 Å². The van der Waals surface area contributed by atoms with Crippen molar-refractivity contribution in [1.29, 1.82) is 0 Å². The van der Waals surface area contributed by atoms with Crippen LogP contribution in [0.3, 0.4) is 0 Å². The fourth-order valence-electron chi connectivity index (χ4n) is 2.11. The number of nitrogens with one attached hydrogen (secondary N) is 1. The molecule has 1 aromatic carbocycles. The number of benzene rings is 1. The molecule has 3 aromatic rings. The summed E-state index contributed by atoms with van der Waals surface area (Å²) in [4.78, 5) is 17.3. The number of rotatable bonds is 6. The van der Waals surface area contributed by atoms with Gasteiger partial charge in [0.1, 0.15) is 0 Å². The van der Waals surface area contributed by atoms with Crippen molar-refractivity contribution >= 4 is 17.2 Å². The molecule has 3 rings (SSSR count). The standard InChI is InChI=1S/C17H17N3O2S/c1-12-6-8-13(9-7-12)17(21)18-10-2-5-15-19-16(20-22-15)14-4-3-11-23-14/h3-4,6-9,11H,2,5,10H2,1H3,(H,18,21). The number of aromatic nitrogens is 2. The van der Waals surface area contributed by atoms with Crippen molar-refractivity contribution < 1.29 is 9.32 Å². The maximum Gasteiger partial charge on any atom is 0.251 e. The molecule has 0 fully saturated rings. The Morgan fingerprint density at radius 1 is 1.26 bits per heavy atom. The molecule has 0 saturated carbocycles. The fraction of sp³-hybridized carbons (Fsp3) is 0.235. The number of aryl methyl sites for hydroxylation is 2. The zero-order valence-electron chi connectivity index (χ0n) is 12.8. The van der Waals surface area contributed by atoms with Crippen LogP contribution in [0.15, 0.2) is 46.3 Å². The molecule has 0 aliphatic carbocycles. The third kappa shape index (κ3) is 4.04. The number of carbonyl (C=O) groups excluding carboxylic acids is 1. The molecule has 2 heterocycles. The van der Waals surface area contributed by atoms with E-state index in [1.54, 1.807) is 11.3 Å². The fourth-order valence-corrected chi connectivity index (χ4v) is 2.76. The van der Waals surface area contributed by atoms with Gasteiger partial charge in [-0.05, 0) is 36.9 Å². The minimum Gasteiger partial charge on any atom is -0.352 e. The molecule has 6 heteroatoms. The molecule has 5 nitrogen and oxygen atoms in total. The number of hydrogen-bond acceptors (Lipinski definition) is 5. The van der Waals surface area contributed by atoms with E-state index < -0.39 is 0 Å². The Bertz CT molecular complexity index is 764. The third-order valence-electron chi connectivity index (χ3n) is 3.38. The molecule has 0 aliphatic heterocycles. The smallest absolute Gasteiger partial charge is 0.251 e. The van der Waals surface area contributed by atoms with Crippen LogP contribution in [0, 0.1) is 6.92 Å². The predicted octanol–water partition coefficient (Wildman–Crippen LogP) is 3.47. The summed E-state index contributed by atoms with van der Waals surface area (Å²) in [6, 6.07) is 11.4. The molecule has 1 N–H and O–H groups in total. The van der Waals surface area contributed by atoms with E-state index >= 15 is 0 Å². The Hall–Kier alpha value is -2.47. The molecule has 0 radical (unpaired) electrons. The van der Waals surface area contributed by atoms with Crippen molar-refractivity contribution in [2.75, 3.05) is 6.54 Å². The van der Waals surface area contributed by atoms with Crippen molar-refractivity contribution in [2.24, 2.45) is 0 Å². The highest BCUT2D eigenvalue weighted by molar-refractivity contribution is 7.13. The van der Waals surface area contributed by atoms with Gasteiger partial charge in [0.15, 0.2) is 0 Å². The molecule has 0 bridgehead atoms. The summed E-state index contributed by atoms with van der Waals surface area (Å²) in [7, 11) is 0. The number of nitrogens with zero attached hydrogens (tertiary/aromatic N) is 2. The van der Waals surface area contributed by atoms with E-state index in [0.717, 1.165) is 16.9 Å². The van der Waals surface area contributed by atoms with Crippen molar-refractivity contribution in [3.8, 4) is 10.7 Å². The highest BCUT2D eigenvalue weighted by atomic mass is 32.1. The first-order chi connectivity index (χ1) is 11.2. The van der Waals surface area contributed by atoms with E-state index in [4.69, 9.17) is 4.52 Å². The van der Waals surface area contributed by atoms with Gasteiger partial charge in [0.2, 0.25) is 11.7 Å². The monoisotopic (exact) mass is 327 g/mol. The van der Waals surface area contributed by atoms with E-state index in [1.807, 2.05) is 48.7 Å². The summed E-state index contributed by atoms with van der Waals surface area (Å²) in [5.41, 5.74) is 1.81. The lowest BCUT2D eigenvalue weighted by Gasteiger charge is -2.04. The second-order valence-corrected chi connectivity index (χ2v) is 6.16. The molecule has 118 valence electrons. The second kappa shape index (κ2) is 7.19. The molecule has 0 saturated heterocycles. The summed E-state index contributed by atoms with van der Waals surface area (Å²) < 4.78 is 5.23. The van der Waals surface area contributed by atoms with Crippen LogP contribution in [-0.2, 0) is 6.42 Å². The minimum absolute atomic E-state index is 0.0604. The van der Waals surface area contributed by atoms with E-state index in [9.17, 15) is 4.79 Å². The minimum atomic E-state index is -0.0604. The second-order valence-electron chi connectivity index (χ2n) is 5.21. The number of hydrogen-bond donors (Lipinski definition) is 1. The van der Waals surface area contributed by atoms with Gasteiger partial charge in [-0.3, -0.25) is 4.79 Å². The lowest BCUT2D eigenvalue weighted by molar-refractivity contribution is 0.0953. The van der Waals surface area contributed by atoms with Crippen LogP contribution in [0.5, 0.6) is 0 Å². The maximum absolute atomic E-state index is 12.0. The summed E-state index contributed by atoms with van der Waals surface area (Å²) in [5.74, 6) is 1.16. The van der Waals surface area contributed by atoms with Crippen molar-refractivity contribution in [3.05, 3.63) is 58.8 Å². The van der Waals surface area contributed by atoms with Gasteiger partial charge in [-0.25, -0.2) is 0 Å². The van der Waals surface area contributed by atoms with E-state index in [-0.39, 0.29) is 5.91 Å². The lowest BCUT2D eigenvalue weighted by Crippen LogP contribution is -2.24. The van der Waals surface area contributed by atoms with Gasteiger partial charge in [0.25, 0.3) is 5.91 Å². The zero-order valence-corrected chi connectivity index (χ0v) is 13.6. The molecule has 1 amide bonds. The third-order valence-corrected chi connectivity index (χ3v) is 4.24. The summed E-state index contributed by atoms with van der Waals surface area (Å²) in [6.45, 7) is 2.57. The quantitative estimate of drug-likeness (QED) is 0.704. The van der Waals surface area contributed by atoms with Crippen LogP contribution in [0.4, 0.5) is 0 Å². The van der Waals surface area contributed by atoms with Crippen LogP contribution >= 0.6 is 11.3 Å². The Kier molecular flexibility index (Phi) is 4.83. The Balaban J connectivity index is 1.45. The summed E-state index contributed by atoms with van der Waals surface area (Å²) in [6.07, 6.45) is 1.40. The van der Waals surface area contributed by atoms with Crippen LogP contribution in [0.2, 0.25) is 0 Å². The zero-order chi connectivity index (χ0) is 16.1. The number of carbonyl (C=O) groups is 1. The topological polar surface area (TPSA) is 68.0 Å². The van der Waals surface area contributed by atoms with Crippen molar-refractivity contribution in [3.63, 3.8) is 0 Å². The van der Waals surface area contributed by atoms with Crippen LogP contribution in [0.1, 0.15) is 28.2 Å². The molecule has 0 spiro atoms. The predicted molar refractivity (Wildman–Crippen MR) is 89.4 cm³/mol. The summed E-state index contributed by atoms with van der Waals surface area (Å²) in [5, 5.41) is 8.84. The van der Waals surface area contributed by atoms with E-state index in [1.165, 1.54) is 0 Å². The van der Waals surface area contributed by atoms with Gasteiger partial charge in [-0.15, -0.1) is 11.3 Å². The van der Waals surface area contributed by atoms with E-state index in [0.29, 0.717) is 30.2 Å². The van der Waals surface area contributed by atoms with Crippen LogP contribution in [0.25, 0.3) is 10.7 Å². The first-order valence-electron chi connectivity index (χ1n) is 7.44. The molecule has 2 aromatic heterocycles. The Morgan fingerprint density at radius 2 is 2.09 bits per heavy atom. The largest absolute Gasteiger partial charge is 0.352 e. The van der Waals surface area contributed by atoms with Gasteiger partial charge in [0.05, 0.1) is 4.88 Å². The van der Waals surface area contributed by atoms with Crippen molar-refractivity contribution in [2.45, 2.75) is 19.8 Å². The normalized spacial score (nSPS) is 10.7. The molecule has 0 aliphatic rings. The first kappa shape index (κ1) is 15.4. The van der Waals surface area contributed by atoms with E-state index in [2.05, 4.69) is 15.5 Å². The average molecular weight is 327 g/mol. The summed E-state index contributed by atoms with van der Waals surface area (Å²) >= 11 is 1.58. The average Bonchev–Trinajstić information content (AvgIpc) is 3.23. The number of thiophene rings is 1. The highest BCUT2D eigenvalue weighted by Crippen LogP contribution is 2.21. The van der Waals surface area contributed by atoms with Gasteiger partial charge < -0.3 is 9.84 Å². The Morgan fingerprint density at radius 3 is 2.83 bits per heavy atom. The lowest BCUT2D eigenvalue weighted by atomic mass is 10.1. The number of amides is 1. The Labute approximate surface area is 138 Å². The van der Waals surface area contributed by atoms with Crippen molar-refractivity contribution in [1.82, 2.24) is 15.5 Å². The van der Waals surface area contributed by atoms with Crippen LogP contribution in [-0.4, -0.2) is 22.6 Å². The molecule has 0 atom stereocenters. The maximum atomic E-state index is 12.0. The molecular formula is C17H17N3O2S. The first-order valence-corrected chi connectivity index (χ1v) is 8.31. The van der Waals surface area contributed by atoms with Gasteiger partial charge in [0, 0.05) is 18.5 Å². The van der Waals surface area contributed by atoms with Crippen LogP contribution < -0.4 is 5.32 Å². The molecule has 0 unspecified atom stereocenters. The molecule has 23 heavy (non-hydrogen) atoms. The van der Waals surface area contributed by atoms with Gasteiger partial charge in [-0.2, -0.15) is 4.98 Å². The van der Waals surface area contributed by atoms with Gasteiger partial charge >= 0.3 is 0 Å².